The van der Waals surface area contributed by atoms with E-state index in [4.69, 9.17) is 14.6 Å². The lowest BCUT2D eigenvalue weighted by molar-refractivity contribution is -0.140. The Balaban J connectivity index is 0.00000386. The van der Waals surface area contributed by atoms with Gasteiger partial charge in [0, 0.05) is 61.7 Å². The van der Waals surface area contributed by atoms with Crippen LogP contribution in [0.4, 0.5) is 30.2 Å². The number of nitrogens with one attached hydrogen (secondary N) is 5. The standard InChI is InChI=1S/C51H59F3N8O5.CH4O/c1-33(2)48-50(65)56-23-19-36-15-17-40(28-45(36)61(48)4)67-31-35-13-11-34(12-14-35)29-57-47(63)30-58-49(64)37-16-18-43(46(26-37)66-5)55-22-7-8-39-27-41-42(59-38-20-24-60(3)25-21-38)9-6-10-44(41)62(39)32-51(52,53)54;1-2/h6,9-18,26-28,33,38,48,55,59H,19-25,29-32H2,1-5H3,(H,56,65)(H,57,63)(H,58,64);2H,1H3. The number of aromatic nitrogens is 1. The Morgan fingerprint density at radius 1 is 0.928 bits per heavy atom. The van der Waals surface area contributed by atoms with Crippen molar-refractivity contribution in [1.82, 2.24) is 25.4 Å². The number of anilines is 3. The molecule has 0 bridgehead atoms. The van der Waals surface area contributed by atoms with Crippen LogP contribution in [0.1, 0.15) is 59.4 Å². The summed E-state index contributed by atoms with van der Waals surface area (Å²) in [5, 5.41) is 22.9. The topological polar surface area (TPSA) is 161 Å². The Bertz CT molecular complexity index is 2620. The van der Waals surface area contributed by atoms with Crippen LogP contribution in [0, 0.1) is 17.8 Å². The highest BCUT2D eigenvalue weighted by atomic mass is 19.4. The van der Waals surface area contributed by atoms with E-state index in [0.29, 0.717) is 41.2 Å². The molecule has 2 aliphatic rings. The molecule has 3 amide bonds. The third-order valence-electron chi connectivity index (χ3n) is 12.2. The molecule has 1 atom stereocenters. The lowest BCUT2D eigenvalue weighted by Crippen LogP contribution is -2.50. The van der Waals surface area contributed by atoms with Crippen molar-refractivity contribution in [1.29, 1.82) is 0 Å². The molecule has 0 saturated carbocycles. The third kappa shape index (κ3) is 13.9. The summed E-state index contributed by atoms with van der Waals surface area (Å²) in [4.78, 5) is 42.8. The number of piperidine rings is 1. The van der Waals surface area contributed by atoms with Gasteiger partial charge in [0.2, 0.25) is 11.8 Å². The van der Waals surface area contributed by atoms with Gasteiger partial charge in [-0.25, -0.2) is 0 Å². The van der Waals surface area contributed by atoms with E-state index in [9.17, 15) is 27.6 Å². The van der Waals surface area contributed by atoms with E-state index in [1.54, 1.807) is 30.3 Å². The molecule has 1 fully saturated rings. The first kappa shape index (κ1) is 51.5. The number of likely N-dealkylation sites (N-methyl/N-ethyl adjacent to an activating group) is 1. The molecule has 368 valence electrons. The van der Waals surface area contributed by atoms with E-state index in [0.717, 1.165) is 67.5 Å². The maximum absolute atomic E-state index is 13.8. The van der Waals surface area contributed by atoms with Gasteiger partial charge in [-0.1, -0.05) is 56.2 Å². The van der Waals surface area contributed by atoms with Crippen LogP contribution in [0.2, 0.25) is 0 Å². The Morgan fingerprint density at radius 2 is 1.67 bits per heavy atom. The number of nitrogens with zero attached hydrogens (tertiary/aromatic N) is 3. The monoisotopic (exact) mass is 952 g/mol. The minimum Gasteiger partial charge on any atom is -0.495 e. The predicted molar refractivity (Wildman–Crippen MR) is 264 cm³/mol. The predicted octanol–water partition coefficient (Wildman–Crippen LogP) is 6.55. The number of hydrogen-bond acceptors (Lipinski definition) is 10. The van der Waals surface area contributed by atoms with Crippen LogP contribution < -0.4 is 41.0 Å². The van der Waals surface area contributed by atoms with Gasteiger partial charge >= 0.3 is 6.18 Å². The largest absolute Gasteiger partial charge is 0.495 e. The van der Waals surface area contributed by atoms with Gasteiger partial charge < -0.3 is 55.5 Å². The molecule has 3 heterocycles. The molecule has 0 aliphatic carbocycles. The number of halogens is 3. The molecular weight excluding hydrogens is 890 g/mol. The van der Waals surface area contributed by atoms with Crippen molar-refractivity contribution >= 4 is 45.7 Å². The van der Waals surface area contributed by atoms with E-state index in [1.165, 1.54) is 17.7 Å². The van der Waals surface area contributed by atoms with E-state index >= 15 is 0 Å². The second-order valence-electron chi connectivity index (χ2n) is 17.5. The van der Waals surface area contributed by atoms with Gasteiger partial charge in [-0.2, -0.15) is 13.2 Å². The van der Waals surface area contributed by atoms with Gasteiger partial charge in [0.25, 0.3) is 5.91 Å². The molecule has 1 aromatic heterocycles. The highest BCUT2D eigenvalue weighted by Crippen LogP contribution is 2.33. The number of methoxy groups -OCH3 is 1. The Kier molecular flexibility index (Phi) is 17.8. The van der Waals surface area contributed by atoms with Gasteiger partial charge in [-0.05, 0) is 110 Å². The number of amides is 3. The van der Waals surface area contributed by atoms with Crippen molar-refractivity contribution in [3.63, 3.8) is 0 Å². The van der Waals surface area contributed by atoms with Crippen molar-refractivity contribution in [3.05, 3.63) is 113 Å². The van der Waals surface area contributed by atoms with E-state index < -0.39 is 18.6 Å². The molecule has 1 unspecified atom stereocenters. The molecule has 6 N–H and O–H groups in total. The van der Waals surface area contributed by atoms with Crippen molar-refractivity contribution in [3.8, 4) is 23.3 Å². The van der Waals surface area contributed by atoms with E-state index in [1.807, 2.05) is 68.3 Å². The highest BCUT2D eigenvalue weighted by molar-refractivity contribution is 5.97. The molecule has 0 spiro atoms. The van der Waals surface area contributed by atoms with Gasteiger partial charge in [-0.3, -0.25) is 14.4 Å². The zero-order chi connectivity index (χ0) is 49.7. The Labute approximate surface area is 401 Å². The fourth-order valence-electron chi connectivity index (χ4n) is 8.61. The summed E-state index contributed by atoms with van der Waals surface area (Å²) in [6, 6.07) is 25.4. The van der Waals surface area contributed by atoms with E-state index in [2.05, 4.69) is 56.4 Å². The minimum absolute atomic E-state index is 0.0251. The zero-order valence-corrected chi connectivity index (χ0v) is 40.1. The number of carbonyl (C=O) groups is 3. The molecule has 17 heteroatoms. The first-order chi connectivity index (χ1) is 33.1. The number of benzene rings is 4. The number of hydrogen-bond donors (Lipinski definition) is 6. The fraction of sp³-hybridized carbons (Fsp3) is 0.404. The first-order valence-electron chi connectivity index (χ1n) is 23.0. The summed E-state index contributed by atoms with van der Waals surface area (Å²) >= 11 is 0. The molecule has 7 rings (SSSR count). The van der Waals surface area contributed by atoms with Crippen molar-refractivity contribution in [2.24, 2.45) is 5.92 Å². The summed E-state index contributed by atoms with van der Waals surface area (Å²) in [5.74, 6) is 6.24. The number of likely N-dealkylation sites (tertiary alicyclic amines) is 1. The summed E-state index contributed by atoms with van der Waals surface area (Å²) < 4.78 is 54.2. The molecule has 69 heavy (non-hydrogen) atoms. The number of aliphatic hydroxyl groups excluding tert-OH is 1. The normalized spacial score (nSPS) is 15.3. The lowest BCUT2D eigenvalue weighted by Gasteiger charge is -2.35. The molecule has 5 aromatic rings. The van der Waals surface area contributed by atoms with Gasteiger partial charge in [-0.15, -0.1) is 0 Å². The van der Waals surface area contributed by atoms with Gasteiger partial charge in [0.1, 0.15) is 30.7 Å². The van der Waals surface area contributed by atoms with Crippen molar-refractivity contribution in [2.75, 3.05) is 76.6 Å². The summed E-state index contributed by atoms with van der Waals surface area (Å²) in [7, 11) is 6.48. The molecule has 4 aromatic carbocycles. The average Bonchev–Trinajstić information content (AvgIpc) is 3.68. The summed E-state index contributed by atoms with van der Waals surface area (Å²) in [6.45, 7) is 5.83. The number of carbonyl (C=O) groups excluding carboxylic acids is 3. The quantitative estimate of drug-likeness (QED) is 0.0636. The molecule has 1 saturated heterocycles. The van der Waals surface area contributed by atoms with Crippen LogP contribution in [0.5, 0.6) is 11.5 Å². The molecule has 14 nitrogen and oxygen atoms in total. The van der Waals surface area contributed by atoms with Crippen LogP contribution >= 0.6 is 0 Å². The molecule has 2 aliphatic heterocycles. The van der Waals surface area contributed by atoms with Crippen LogP contribution in [0.3, 0.4) is 0 Å². The number of alkyl halides is 3. The highest BCUT2D eigenvalue weighted by Gasteiger charge is 2.31. The maximum Gasteiger partial charge on any atom is 0.406 e. The van der Waals surface area contributed by atoms with Crippen LogP contribution in [-0.4, -0.2) is 112 Å². The Morgan fingerprint density at radius 3 is 2.38 bits per heavy atom. The molecular formula is C52H63F3N8O6. The zero-order valence-electron chi connectivity index (χ0n) is 40.1. The number of fused-ring (bicyclic) bond motifs is 2. The minimum atomic E-state index is -4.45. The number of rotatable bonds is 15. The fourth-order valence-corrected chi connectivity index (χ4v) is 8.61. The summed E-state index contributed by atoms with van der Waals surface area (Å²) in [6.07, 6.45) is -1.83. The second-order valence-corrected chi connectivity index (χ2v) is 17.5. The van der Waals surface area contributed by atoms with Crippen molar-refractivity contribution in [2.45, 2.75) is 71.1 Å². The summed E-state index contributed by atoms with van der Waals surface area (Å²) in [5.41, 5.74) is 6.23. The Hall–Kier alpha value is -6.90. The number of ether oxygens (including phenoxy) is 2. The smallest absolute Gasteiger partial charge is 0.406 e. The maximum atomic E-state index is 13.8. The van der Waals surface area contributed by atoms with Crippen LogP contribution in [-0.2, 0) is 35.7 Å². The SMILES string of the molecule is CO.COc1cc(C(=O)NCC(=O)NCc2ccc(COc3ccc4c(c3)N(C)C(C(C)C)C(=O)NCC4)cc2)ccc1NCC#Cc1cc2c(NC3CCN(C)CC3)cccc2n1CC(F)(F)F. The number of aliphatic hydroxyl groups is 1. The van der Waals surface area contributed by atoms with E-state index in [-0.39, 0.29) is 60.7 Å². The first-order valence-corrected chi connectivity index (χ1v) is 23.0. The van der Waals surface area contributed by atoms with Crippen LogP contribution in [0.15, 0.2) is 84.9 Å². The third-order valence-corrected chi connectivity index (χ3v) is 12.2. The molecule has 0 radical (unpaired) electrons. The van der Waals surface area contributed by atoms with Crippen molar-refractivity contribution < 1.29 is 42.1 Å². The second kappa shape index (κ2) is 23.9. The lowest BCUT2D eigenvalue weighted by atomic mass is 9.97. The van der Waals surface area contributed by atoms with Gasteiger partial charge in [0.15, 0.2) is 0 Å². The average molecular weight is 953 g/mol. The van der Waals surface area contributed by atoms with Gasteiger partial charge in [0.05, 0.1) is 37.1 Å². The van der Waals surface area contributed by atoms with Crippen LogP contribution in [0.25, 0.3) is 10.9 Å².